The van der Waals surface area contributed by atoms with Gasteiger partial charge in [-0.3, -0.25) is 9.32 Å². The van der Waals surface area contributed by atoms with Gasteiger partial charge in [-0.05, 0) is 13.8 Å². The van der Waals surface area contributed by atoms with Gasteiger partial charge in [-0.15, -0.1) is 0 Å². The zero-order valence-electron chi connectivity index (χ0n) is 7.60. The van der Waals surface area contributed by atoms with Crippen molar-refractivity contribution in [3.63, 3.8) is 0 Å². The van der Waals surface area contributed by atoms with Crippen LogP contribution in [0.1, 0.15) is 20.3 Å². The largest absolute Gasteiger partial charge is 0.463 e. The van der Waals surface area contributed by atoms with E-state index in [1.54, 1.807) is 13.8 Å². The molecule has 0 spiro atoms. The molecule has 0 aliphatic rings. The van der Waals surface area contributed by atoms with Gasteiger partial charge in [-0.1, -0.05) is 0 Å². The number of ether oxygens (including phenoxy) is 1. The van der Waals surface area contributed by atoms with Crippen molar-refractivity contribution >= 4 is 13.7 Å². The van der Waals surface area contributed by atoms with Gasteiger partial charge < -0.3 is 9.63 Å². The summed E-state index contributed by atoms with van der Waals surface area (Å²) in [4.78, 5) is 19.3. The molecule has 0 aromatic carbocycles. The van der Waals surface area contributed by atoms with Crippen molar-refractivity contribution in [3.05, 3.63) is 0 Å². The molecule has 0 aliphatic heterocycles. The van der Waals surface area contributed by atoms with Gasteiger partial charge in [-0.25, -0.2) is 10.1 Å². The molecule has 0 heterocycles. The van der Waals surface area contributed by atoms with Crippen LogP contribution in [-0.2, 0) is 18.6 Å². The Morgan fingerprint density at radius 3 is 2.54 bits per heavy atom. The Balaban J connectivity index is 3.55. The maximum Gasteiger partial charge on any atom is 0.400 e. The molecule has 0 amide bonds. The molecule has 78 valence electrons. The van der Waals surface area contributed by atoms with Crippen LogP contribution in [0.15, 0.2) is 0 Å². The lowest BCUT2D eigenvalue weighted by molar-refractivity contribution is -0.147. The second kappa shape index (κ2) is 5.34. The van der Waals surface area contributed by atoms with Crippen molar-refractivity contribution < 1.29 is 23.5 Å². The topological polar surface area (TPSA) is 98.9 Å². The van der Waals surface area contributed by atoms with Crippen LogP contribution in [0.3, 0.4) is 0 Å². The Kier molecular flexibility index (Phi) is 5.17. The van der Waals surface area contributed by atoms with Gasteiger partial charge >= 0.3 is 13.7 Å². The zero-order chi connectivity index (χ0) is 10.5. The molecule has 0 aromatic rings. The molecule has 1 unspecified atom stereocenters. The lowest BCUT2D eigenvalue weighted by Gasteiger charge is -2.08. The first kappa shape index (κ1) is 12.6. The van der Waals surface area contributed by atoms with Gasteiger partial charge in [-0.2, -0.15) is 0 Å². The number of nitrogens with two attached hydrogens (primary N) is 1. The number of esters is 1. The molecule has 0 bridgehead atoms. The second-order valence-corrected chi connectivity index (χ2v) is 4.07. The van der Waals surface area contributed by atoms with Crippen LogP contribution in [0.5, 0.6) is 0 Å². The summed E-state index contributed by atoms with van der Waals surface area (Å²) in [6, 6.07) is 0. The van der Waals surface area contributed by atoms with E-state index in [-0.39, 0.29) is 19.1 Å². The summed E-state index contributed by atoms with van der Waals surface area (Å²) in [5.41, 5.74) is 4.66. The van der Waals surface area contributed by atoms with E-state index in [4.69, 9.17) is 9.63 Å². The van der Waals surface area contributed by atoms with E-state index in [0.29, 0.717) is 0 Å². The molecule has 3 N–H and O–H groups in total. The van der Waals surface area contributed by atoms with Gasteiger partial charge in [0.05, 0.1) is 19.1 Å². The number of rotatable bonds is 5. The molecular formula is C6H14NO5P. The normalized spacial score (nSPS) is 15.5. The molecule has 0 saturated heterocycles. The first-order valence-electron chi connectivity index (χ1n) is 3.76. The molecule has 6 nitrogen and oxygen atoms in total. The van der Waals surface area contributed by atoms with Crippen LogP contribution in [0.4, 0.5) is 0 Å². The molecule has 0 aliphatic carbocycles. The van der Waals surface area contributed by atoms with E-state index >= 15 is 0 Å². The lowest BCUT2D eigenvalue weighted by atomic mass is 10.4. The minimum absolute atomic E-state index is 0.0834. The summed E-state index contributed by atoms with van der Waals surface area (Å²) in [7, 11) is -3.96. The SMILES string of the molecule is CC(C)OC(=O)CCOP(N)(=O)O. The molecule has 0 fully saturated rings. The third-order valence-corrected chi connectivity index (χ3v) is 1.50. The van der Waals surface area contributed by atoms with E-state index < -0.39 is 13.7 Å². The highest BCUT2D eigenvalue weighted by Gasteiger charge is 2.12. The number of hydrogen-bond donors (Lipinski definition) is 2. The summed E-state index contributed by atoms with van der Waals surface area (Å²) in [6.45, 7) is 3.20. The van der Waals surface area contributed by atoms with Gasteiger partial charge in [0, 0.05) is 0 Å². The summed E-state index contributed by atoms with van der Waals surface area (Å²) >= 11 is 0. The van der Waals surface area contributed by atoms with Crippen molar-refractivity contribution in [1.82, 2.24) is 0 Å². The molecule has 0 rings (SSSR count). The molecule has 1 atom stereocenters. The Morgan fingerprint density at radius 1 is 1.62 bits per heavy atom. The van der Waals surface area contributed by atoms with E-state index in [1.165, 1.54) is 0 Å². The minimum Gasteiger partial charge on any atom is -0.463 e. The predicted molar refractivity (Wildman–Crippen MR) is 45.8 cm³/mol. The maximum absolute atomic E-state index is 10.8. The Bertz CT molecular complexity index is 211. The van der Waals surface area contributed by atoms with Gasteiger partial charge in [0.25, 0.3) is 0 Å². The van der Waals surface area contributed by atoms with Crippen LogP contribution in [0.2, 0.25) is 0 Å². The minimum atomic E-state index is -3.96. The smallest absolute Gasteiger partial charge is 0.400 e. The monoisotopic (exact) mass is 211 g/mol. The average Bonchev–Trinajstić information content (AvgIpc) is 1.81. The molecule has 0 saturated carbocycles. The highest BCUT2D eigenvalue weighted by molar-refractivity contribution is 7.50. The first-order valence-corrected chi connectivity index (χ1v) is 5.41. The zero-order valence-corrected chi connectivity index (χ0v) is 8.49. The number of carbonyl (C=O) groups excluding carboxylic acids is 1. The van der Waals surface area contributed by atoms with Crippen molar-refractivity contribution in [2.75, 3.05) is 6.61 Å². The van der Waals surface area contributed by atoms with Crippen LogP contribution in [-0.4, -0.2) is 23.6 Å². The Labute approximate surface area is 76.6 Å². The summed E-state index contributed by atoms with van der Waals surface area (Å²) in [5.74, 6) is -0.483. The average molecular weight is 211 g/mol. The van der Waals surface area contributed by atoms with Crippen LogP contribution < -0.4 is 5.50 Å². The van der Waals surface area contributed by atoms with Gasteiger partial charge in [0.1, 0.15) is 0 Å². The Morgan fingerprint density at radius 2 is 2.15 bits per heavy atom. The first-order chi connectivity index (χ1) is 5.81. The third kappa shape index (κ3) is 9.49. The lowest BCUT2D eigenvalue weighted by Crippen LogP contribution is -2.13. The van der Waals surface area contributed by atoms with Crippen LogP contribution in [0, 0.1) is 0 Å². The van der Waals surface area contributed by atoms with Crippen molar-refractivity contribution in [1.29, 1.82) is 0 Å². The molecule has 7 heteroatoms. The third-order valence-electron chi connectivity index (χ3n) is 0.950. The van der Waals surface area contributed by atoms with Crippen molar-refractivity contribution in [2.45, 2.75) is 26.4 Å². The summed E-state index contributed by atoms with van der Waals surface area (Å²) in [5, 5.41) is 0. The van der Waals surface area contributed by atoms with Crippen LogP contribution in [0.25, 0.3) is 0 Å². The van der Waals surface area contributed by atoms with E-state index in [2.05, 4.69) is 10.0 Å². The van der Waals surface area contributed by atoms with Crippen LogP contribution >= 0.6 is 7.75 Å². The number of carbonyl (C=O) groups is 1. The Hall–Kier alpha value is -0.420. The standard InChI is InChI=1S/C6H14NO5P/c1-5(2)12-6(8)3-4-11-13(7,9)10/h5H,3-4H2,1-2H3,(H3,7,9,10). The molecule has 13 heavy (non-hydrogen) atoms. The fourth-order valence-corrected chi connectivity index (χ4v) is 0.934. The highest BCUT2D eigenvalue weighted by Crippen LogP contribution is 2.30. The molecular weight excluding hydrogens is 197 g/mol. The fourth-order valence-electron chi connectivity index (χ4n) is 0.582. The molecule has 0 radical (unpaired) electrons. The summed E-state index contributed by atoms with van der Waals surface area (Å²) in [6.07, 6.45) is -0.286. The second-order valence-electron chi connectivity index (χ2n) is 2.69. The van der Waals surface area contributed by atoms with Gasteiger partial charge in [0.15, 0.2) is 0 Å². The fraction of sp³-hybridized carbons (Fsp3) is 0.833. The highest BCUT2D eigenvalue weighted by atomic mass is 31.2. The van der Waals surface area contributed by atoms with E-state index in [1.807, 2.05) is 0 Å². The van der Waals surface area contributed by atoms with Gasteiger partial charge in [0.2, 0.25) is 0 Å². The van der Waals surface area contributed by atoms with Crippen molar-refractivity contribution in [3.8, 4) is 0 Å². The van der Waals surface area contributed by atoms with E-state index in [0.717, 1.165) is 0 Å². The molecule has 0 aromatic heterocycles. The quantitative estimate of drug-likeness (QED) is 0.504. The maximum atomic E-state index is 10.8. The van der Waals surface area contributed by atoms with Crippen molar-refractivity contribution in [2.24, 2.45) is 5.50 Å². The van der Waals surface area contributed by atoms with E-state index in [9.17, 15) is 9.36 Å². The summed E-state index contributed by atoms with van der Waals surface area (Å²) < 4.78 is 19.4. The number of hydrogen-bond acceptors (Lipinski definition) is 4. The predicted octanol–water partition coefficient (Wildman–Crippen LogP) is 0.404.